The van der Waals surface area contributed by atoms with E-state index in [1.807, 2.05) is 19.9 Å². The van der Waals surface area contributed by atoms with E-state index in [1.54, 1.807) is 31.3 Å². The van der Waals surface area contributed by atoms with Crippen LogP contribution in [0.4, 0.5) is 0 Å². The molecule has 0 radical (unpaired) electrons. The highest BCUT2D eigenvalue weighted by Gasteiger charge is 2.28. The predicted octanol–water partition coefficient (Wildman–Crippen LogP) is 2.86. The first-order valence-corrected chi connectivity index (χ1v) is 7.96. The van der Waals surface area contributed by atoms with E-state index in [0.717, 1.165) is 6.42 Å². The molecule has 6 heteroatoms. The smallest absolute Gasteiger partial charge is 0.251 e. The van der Waals surface area contributed by atoms with Gasteiger partial charge in [0.1, 0.15) is 6.04 Å². The SMILES string of the molecule is CCC(C)C(NC(=O)c1ccc(Cl)cc1)C(=O)N(C)CCC#N. The van der Waals surface area contributed by atoms with Gasteiger partial charge in [0, 0.05) is 24.2 Å². The standard InChI is InChI=1S/C17H22ClN3O2/c1-4-12(2)15(17(23)21(3)11-5-10-19)20-16(22)13-6-8-14(18)9-7-13/h6-9,12,15H,4-5,11H2,1-3H3,(H,20,22). The van der Waals surface area contributed by atoms with Crippen LogP contribution in [0.1, 0.15) is 37.0 Å². The van der Waals surface area contributed by atoms with E-state index in [-0.39, 0.29) is 24.2 Å². The van der Waals surface area contributed by atoms with Gasteiger partial charge in [-0.05, 0) is 30.2 Å². The fraction of sp³-hybridized carbons (Fsp3) is 0.471. The number of carbonyl (C=O) groups is 2. The Morgan fingerprint density at radius 3 is 2.48 bits per heavy atom. The van der Waals surface area contributed by atoms with Crippen molar-refractivity contribution < 1.29 is 9.59 Å². The highest BCUT2D eigenvalue weighted by Crippen LogP contribution is 2.13. The lowest BCUT2D eigenvalue weighted by atomic mass is 9.97. The Bertz CT molecular complexity index is 580. The average molecular weight is 336 g/mol. The number of halogens is 1. The van der Waals surface area contributed by atoms with Gasteiger partial charge >= 0.3 is 0 Å². The van der Waals surface area contributed by atoms with Crippen LogP contribution in [0.5, 0.6) is 0 Å². The number of nitriles is 1. The predicted molar refractivity (Wildman–Crippen MR) is 90.0 cm³/mol. The van der Waals surface area contributed by atoms with Crippen LogP contribution in [-0.4, -0.2) is 36.3 Å². The summed E-state index contributed by atoms with van der Waals surface area (Å²) in [5, 5.41) is 12.0. The van der Waals surface area contributed by atoms with E-state index < -0.39 is 6.04 Å². The second kappa shape index (κ2) is 9.16. The van der Waals surface area contributed by atoms with Crippen LogP contribution in [0, 0.1) is 17.2 Å². The van der Waals surface area contributed by atoms with Crippen LogP contribution >= 0.6 is 11.6 Å². The fourth-order valence-electron chi connectivity index (χ4n) is 2.07. The van der Waals surface area contributed by atoms with Crippen molar-refractivity contribution >= 4 is 23.4 Å². The zero-order chi connectivity index (χ0) is 17.4. The van der Waals surface area contributed by atoms with Crippen LogP contribution in [0.2, 0.25) is 5.02 Å². The molecule has 2 atom stereocenters. The van der Waals surface area contributed by atoms with Crippen molar-refractivity contribution in [3.05, 3.63) is 34.9 Å². The number of nitrogens with zero attached hydrogens (tertiary/aromatic N) is 2. The summed E-state index contributed by atoms with van der Waals surface area (Å²) in [6.07, 6.45) is 1.02. The number of nitrogens with one attached hydrogen (secondary N) is 1. The molecule has 0 saturated carbocycles. The van der Waals surface area contributed by atoms with Gasteiger partial charge in [-0.3, -0.25) is 9.59 Å². The monoisotopic (exact) mass is 335 g/mol. The van der Waals surface area contributed by atoms with Crippen LogP contribution < -0.4 is 5.32 Å². The number of carbonyl (C=O) groups excluding carboxylic acids is 2. The Balaban J connectivity index is 2.86. The second-order valence-electron chi connectivity index (χ2n) is 5.51. The maximum atomic E-state index is 12.6. The Morgan fingerprint density at radius 1 is 1.35 bits per heavy atom. The first-order chi connectivity index (χ1) is 10.9. The maximum absolute atomic E-state index is 12.6. The summed E-state index contributed by atoms with van der Waals surface area (Å²) >= 11 is 5.82. The van der Waals surface area contributed by atoms with Crippen LogP contribution in [0.3, 0.4) is 0 Å². The molecule has 1 N–H and O–H groups in total. The Morgan fingerprint density at radius 2 is 1.96 bits per heavy atom. The summed E-state index contributed by atoms with van der Waals surface area (Å²) in [4.78, 5) is 26.4. The summed E-state index contributed by atoms with van der Waals surface area (Å²) in [5.74, 6) is -0.505. The molecule has 1 aromatic carbocycles. The molecule has 1 aromatic rings. The minimum atomic E-state index is -0.619. The van der Waals surface area contributed by atoms with E-state index in [2.05, 4.69) is 5.32 Å². The average Bonchev–Trinajstić information content (AvgIpc) is 2.56. The van der Waals surface area contributed by atoms with Gasteiger partial charge < -0.3 is 10.2 Å². The second-order valence-corrected chi connectivity index (χ2v) is 5.95. The highest BCUT2D eigenvalue weighted by atomic mass is 35.5. The Kier molecular flexibility index (Phi) is 7.56. The van der Waals surface area contributed by atoms with E-state index in [1.165, 1.54) is 4.90 Å². The molecule has 0 aliphatic carbocycles. The van der Waals surface area contributed by atoms with Gasteiger partial charge in [-0.2, -0.15) is 5.26 Å². The third kappa shape index (κ3) is 5.57. The molecular formula is C17H22ClN3O2. The number of hydrogen-bond acceptors (Lipinski definition) is 3. The minimum absolute atomic E-state index is 0.0108. The largest absolute Gasteiger partial charge is 0.343 e. The van der Waals surface area contributed by atoms with Gasteiger partial charge in [-0.25, -0.2) is 0 Å². The molecule has 1 rings (SSSR count). The summed E-state index contributed by atoms with van der Waals surface area (Å²) in [7, 11) is 1.64. The zero-order valence-electron chi connectivity index (χ0n) is 13.7. The first-order valence-electron chi connectivity index (χ1n) is 7.59. The van der Waals surface area contributed by atoms with Gasteiger partial charge in [0.2, 0.25) is 5.91 Å². The number of benzene rings is 1. The van der Waals surface area contributed by atoms with Crippen molar-refractivity contribution in [1.29, 1.82) is 5.26 Å². The summed E-state index contributed by atoms with van der Waals surface area (Å²) in [5.41, 5.74) is 0.454. The number of hydrogen-bond donors (Lipinski definition) is 1. The van der Waals surface area contributed by atoms with E-state index in [4.69, 9.17) is 16.9 Å². The topological polar surface area (TPSA) is 73.2 Å². The molecule has 0 saturated heterocycles. The van der Waals surface area contributed by atoms with Crippen molar-refractivity contribution in [3.63, 3.8) is 0 Å². The lowest BCUT2D eigenvalue weighted by Gasteiger charge is -2.28. The van der Waals surface area contributed by atoms with E-state index in [9.17, 15) is 9.59 Å². The molecule has 5 nitrogen and oxygen atoms in total. The Labute approximate surface area is 142 Å². The maximum Gasteiger partial charge on any atom is 0.251 e. The van der Waals surface area contributed by atoms with Crippen molar-refractivity contribution in [2.75, 3.05) is 13.6 Å². The molecule has 0 heterocycles. The quantitative estimate of drug-likeness (QED) is 0.832. The third-order valence-electron chi connectivity index (χ3n) is 3.81. The molecule has 0 aliphatic rings. The molecule has 2 amide bonds. The van der Waals surface area contributed by atoms with E-state index >= 15 is 0 Å². The molecule has 0 bridgehead atoms. The third-order valence-corrected chi connectivity index (χ3v) is 4.06. The van der Waals surface area contributed by atoms with Crippen LogP contribution in [0.15, 0.2) is 24.3 Å². The summed E-state index contributed by atoms with van der Waals surface area (Å²) < 4.78 is 0. The lowest BCUT2D eigenvalue weighted by Crippen LogP contribution is -2.50. The van der Waals surface area contributed by atoms with Crippen molar-refractivity contribution in [3.8, 4) is 6.07 Å². The van der Waals surface area contributed by atoms with Gasteiger partial charge in [-0.1, -0.05) is 31.9 Å². The van der Waals surface area contributed by atoms with Crippen molar-refractivity contribution in [2.24, 2.45) is 5.92 Å². The molecule has 23 heavy (non-hydrogen) atoms. The van der Waals surface area contributed by atoms with Crippen LogP contribution in [0.25, 0.3) is 0 Å². The van der Waals surface area contributed by atoms with Gasteiger partial charge in [0.15, 0.2) is 0 Å². The number of likely N-dealkylation sites (N-methyl/N-ethyl adjacent to an activating group) is 1. The molecular weight excluding hydrogens is 314 g/mol. The van der Waals surface area contributed by atoms with Crippen molar-refractivity contribution in [2.45, 2.75) is 32.7 Å². The van der Waals surface area contributed by atoms with E-state index in [0.29, 0.717) is 17.1 Å². The summed E-state index contributed by atoms with van der Waals surface area (Å²) in [6.45, 7) is 4.23. The van der Waals surface area contributed by atoms with Crippen molar-refractivity contribution in [1.82, 2.24) is 10.2 Å². The normalized spacial score (nSPS) is 12.8. The fourth-order valence-corrected chi connectivity index (χ4v) is 2.20. The molecule has 0 spiro atoms. The molecule has 124 valence electrons. The van der Waals surface area contributed by atoms with Gasteiger partial charge in [0.25, 0.3) is 5.91 Å². The molecule has 0 fully saturated rings. The first kappa shape index (κ1) is 19.0. The molecule has 0 aromatic heterocycles. The summed E-state index contributed by atoms with van der Waals surface area (Å²) in [6, 6.07) is 7.90. The molecule has 0 aliphatic heterocycles. The van der Waals surface area contributed by atoms with Crippen LogP contribution in [-0.2, 0) is 4.79 Å². The Hall–Kier alpha value is -2.06. The zero-order valence-corrected chi connectivity index (χ0v) is 14.4. The highest BCUT2D eigenvalue weighted by molar-refractivity contribution is 6.30. The van der Waals surface area contributed by atoms with Gasteiger partial charge in [-0.15, -0.1) is 0 Å². The molecule has 2 unspecified atom stereocenters. The number of amides is 2. The lowest BCUT2D eigenvalue weighted by molar-refractivity contribution is -0.133. The minimum Gasteiger partial charge on any atom is -0.343 e. The van der Waals surface area contributed by atoms with Gasteiger partial charge in [0.05, 0.1) is 12.5 Å². The number of rotatable bonds is 7.